The molecule has 1 aromatic heterocycles. The molecule has 0 radical (unpaired) electrons. The number of anilines is 1. The summed E-state index contributed by atoms with van der Waals surface area (Å²) >= 11 is 1.30. The molecule has 0 saturated heterocycles. The van der Waals surface area contributed by atoms with Gasteiger partial charge in [-0.25, -0.2) is 4.79 Å². The van der Waals surface area contributed by atoms with Gasteiger partial charge in [0, 0.05) is 25.7 Å². The summed E-state index contributed by atoms with van der Waals surface area (Å²) in [6.07, 6.45) is 1.07. The number of nitrogens with zero attached hydrogens (tertiary/aromatic N) is 3. The molecule has 2 aromatic rings. The molecule has 0 aliphatic carbocycles. The first-order valence-electron chi connectivity index (χ1n) is 7.34. The van der Waals surface area contributed by atoms with Crippen molar-refractivity contribution in [2.75, 3.05) is 18.4 Å². The highest BCUT2D eigenvalue weighted by atomic mass is 32.1. The van der Waals surface area contributed by atoms with E-state index in [1.165, 1.54) is 22.5 Å². The molecule has 116 valence electrons. The van der Waals surface area contributed by atoms with Gasteiger partial charge in [0.1, 0.15) is 5.51 Å². The summed E-state index contributed by atoms with van der Waals surface area (Å²) in [5.41, 5.74) is 4.41. The minimum Gasteiger partial charge on any atom is -0.336 e. The van der Waals surface area contributed by atoms with Gasteiger partial charge in [0.2, 0.25) is 5.13 Å². The van der Waals surface area contributed by atoms with Gasteiger partial charge in [0.05, 0.1) is 0 Å². The lowest BCUT2D eigenvalue weighted by molar-refractivity contribution is 0.186. The van der Waals surface area contributed by atoms with Gasteiger partial charge in [-0.3, -0.25) is 10.2 Å². The number of urea groups is 1. The van der Waals surface area contributed by atoms with Crippen molar-refractivity contribution in [2.45, 2.75) is 25.9 Å². The molecule has 1 unspecified atom stereocenters. The van der Waals surface area contributed by atoms with Crippen LogP contribution in [-0.4, -0.2) is 40.3 Å². The summed E-state index contributed by atoms with van der Waals surface area (Å²) in [5, 5.41) is 13.5. The molecule has 2 N–H and O–H groups in total. The van der Waals surface area contributed by atoms with E-state index in [1.54, 1.807) is 5.51 Å². The fraction of sp³-hybridized carbons (Fsp3) is 0.400. The van der Waals surface area contributed by atoms with Crippen molar-refractivity contribution in [1.82, 2.24) is 20.4 Å². The van der Waals surface area contributed by atoms with E-state index in [2.05, 4.69) is 56.9 Å². The van der Waals surface area contributed by atoms with Crippen LogP contribution < -0.4 is 10.6 Å². The van der Waals surface area contributed by atoms with Crippen molar-refractivity contribution in [3.05, 3.63) is 40.9 Å². The first-order chi connectivity index (χ1) is 10.7. The SMILES string of the molecule is CC(CNC(=O)Nc1nncs1)N1CCc2ccccc2C1. The molecule has 1 aromatic carbocycles. The first kappa shape index (κ1) is 14.9. The normalized spacial score (nSPS) is 15.9. The van der Waals surface area contributed by atoms with Gasteiger partial charge in [-0.1, -0.05) is 35.6 Å². The third-order valence-corrected chi connectivity index (χ3v) is 4.53. The fourth-order valence-corrected chi connectivity index (χ4v) is 3.07. The van der Waals surface area contributed by atoms with E-state index in [-0.39, 0.29) is 12.1 Å². The Balaban J connectivity index is 1.48. The van der Waals surface area contributed by atoms with Crippen LogP contribution in [-0.2, 0) is 13.0 Å². The summed E-state index contributed by atoms with van der Waals surface area (Å²) in [5.74, 6) is 0. The molecule has 6 nitrogen and oxygen atoms in total. The van der Waals surface area contributed by atoms with Gasteiger partial charge in [0.25, 0.3) is 0 Å². The quantitative estimate of drug-likeness (QED) is 0.906. The minimum absolute atomic E-state index is 0.235. The number of aromatic nitrogens is 2. The molecule has 0 spiro atoms. The molecule has 1 aliphatic rings. The van der Waals surface area contributed by atoms with E-state index in [9.17, 15) is 4.79 Å². The van der Waals surface area contributed by atoms with Crippen molar-refractivity contribution in [3.8, 4) is 0 Å². The van der Waals surface area contributed by atoms with Crippen molar-refractivity contribution >= 4 is 22.5 Å². The molecule has 2 amide bonds. The second-order valence-electron chi connectivity index (χ2n) is 5.42. The number of carbonyl (C=O) groups excluding carboxylic acids is 1. The van der Waals surface area contributed by atoms with Crippen LogP contribution in [0.5, 0.6) is 0 Å². The molecule has 2 heterocycles. The monoisotopic (exact) mass is 317 g/mol. The van der Waals surface area contributed by atoms with Gasteiger partial charge in [-0.05, 0) is 24.5 Å². The van der Waals surface area contributed by atoms with Crippen LogP contribution in [0.15, 0.2) is 29.8 Å². The molecule has 22 heavy (non-hydrogen) atoms. The Morgan fingerprint density at radius 3 is 3.00 bits per heavy atom. The number of hydrogen-bond donors (Lipinski definition) is 2. The largest absolute Gasteiger partial charge is 0.336 e. The Morgan fingerprint density at radius 1 is 1.41 bits per heavy atom. The number of hydrogen-bond acceptors (Lipinski definition) is 5. The molecular formula is C15H19N5OS. The molecule has 0 fully saturated rings. The lowest BCUT2D eigenvalue weighted by Gasteiger charge is -2.33. The topological polar surface area (TPSA) is 70.1 Å². The van der Waals surface area contributed by atoms with Crippen LogP contribution in [0, 0.1) is 0 Å². The van der Waals surface area contributed by atoms with Crippen LogP contribution in [0.4, 0.5) is 9.93 Å². The van der Waals surface area contributed by atoms with E-state index in [0.29, 0.717) is 11.7 Å². The number of fused-ring (bicyclic) bond motifs is 1. The predicted octanol–water partition coefficient (Wildman–Crippen LogP) is 2.11. The highest BCUT2D eigenvalue weighted by Gasteiger charge is 2.20. The van der Waals surface area contributed by atoms with Crippen LogP contribution >= 0.6 is 11.3 Å². The zero-order chi connectivity index (χ0) is 15.4. The van der Waals surface area contributed by atoms with E-state index in [0.717, 1.165) is 19.5 Å². The van der Waals surface area contributed by atoms with Gasteiger partial charge >= 0.3 is 6.03 Å². The molecule has 1 atom stereocenters. The van der Waals surface area contributed by atoms with E-state index >= 15 is 0 Å². The van der Waals surface area contributed by atoms with Gasteiger partial charge in [-0.2, -0.15) is 0 Å². The van der Waals surface area contributed by atoms with E-state index in [1.807, 2.05) is 0 Å². The Bertz CT molecular complexity index is 631. The smallest absolute Gasteiger partial charge is 0.321 e. The maximum atomic E-state index is 11.8. The summed E-state index contributed by atoms with van der Waals surface area (Å²) in [4.78, 5) is 14.2. The number of carbonyl (C=O) groups is 1. The average molecular weight is 317 g/mol. The molecule has 1 aliphatic heterocycles. The second kappa shape index (κ2) is 6.85. The first-order valence-corrected chi connectivity index (χ1v) is 8.22. The third-order valence-electron chi connectivity index (χ3n) is 3.92. The second-order valence-corrected chi connectivity index (χ2v) is 6.25. The molecular weight excluding hydrogens is 298 g/mol. The van der Waals surface area contributed by atoms with Gasteiger partial charge in [-0.15, -0.1) is 10.2 Å². The van der Waals surface area contributed by atoms with Gasteiger partial charge in [0.15, 0.2) is 0 Å². The van der Waals surface area contributed by atoms with Crippen molar-refractivity contribution in [2.24, 2.45) is 0 Å². The summed E-state index contributed by atoms with van der Waals surface area (Å²) in [6, 6.07) is 8.61. The maximum Gasteiger partial charge on any atom is 0.321 e. The number of amides is 2. The Kier molecular flexibility index (Phi) is 4.65. The Morgan fingerprint density at radius 2 is 2.23 bits per heavy atom. The summed E-state index contributed by atoms with van der Waals surface area (Å²) in [7, 11) is 0. The Labute approximate surface area is 133 Å². The molecule has 3 rings (SSSR count). The van der Waals surface area contributed by atoms with Crippen molar-refractivity contribution in [3.63, 3.8) is 0 Å². The summed E-state index contributed by atoms with van der Waals surface area (Å²) in [6.45, 7) is 4.71. The Hall–Kier alpha value is -1.99. The number of benzene rings is 1. The van der Waals surface area contributed by atoms with Crippen LogP contribution in [0.25, 0.3) is 0 Å². The van der Waals surface area contributed by atoms with Crippen molar-refractivity contribution in [1.29, 1.82) is 0 Å². The lowest BCUT2D eigenvalue weighted by atomic mass is 9.99. The predicted molar refractivity (Wildman–Crippen MR) is 86.9 cm³/mol. The van der Waals surface area contributed by atoms with E-state index < -0.39 is 0 Å². The number of rotatable bonds is 4. The molecule has 0 saturated carbocycles. The lowest BCUT2D eigenvalue weighted by Crippen LogP contribution is -2.45. The third kappa shape index (κ3) is 3.61. The van der Waals surface area contributed by atoms with Crippen LogP contribution in [0.3, 0.4) is 0 Å². The summed E-state index contributed by atoms with van der Waals surface area (Å²) < 4.78 is 0. The standard InChI is InChI=1S/C15H19N5OS/c1-11(8-16-14(21)18-15-19-17-10-22-15)20-7-6-12-4-2-3-5-13(12)9-20/h2-5,10-11H,6-9H2,1H3,(H2,16,18,19,21). The zero-order valence-corrected chi connectivity index (χ0v) is 13.3. The highest BCUT2D eigenvalue weighted by molar-refractivity contribution is 7.13. The highest BCUT2D eigenvalue weighted by Crippen LogP contribution is 2.19. The molecule has 7 heteroatoms. The molecule has 0 bridgehead atoms. The average Bonchev–Trinajstić information content (AvgIpc) is 3.05. The number of nitrogens with one attached hydrogen (secondary N) is 2. The van der Waals surface area contributed by atoms with Crippen LogP contribution in [0.1, 0.15) is 18.1 Å². The van der Waals surface area contributed by atoms with E-state index in [4.69, 9.17) is 0 Å². The van der Waals surface area contributed by atoms with Crippen LogP contribution in [0.2, 0.25) is 0 Å². The maximum absolute atomic E-state index is 11.8. The zero-order valence-electron chi connectivity index (χ0n) is 12.5. The fourth-order valence-electron chi connectivity index (χ4n) is 2.63. The van der Waals surface area contributed by atoms with Crippen molar-refractivity contribution < 1.29 is 4.79 Å². The van der Waals surface area contributed by atoms with Gasteiger partial charge < -0.3 is 5.32 Å². The minimum atomic E-state index is -0.235.